The number of benzene rings is 1. The summed E-state index contributed by atoms with van der Waals surface area (Å²) in [7, 11) is 0. The molecular formula is C12H10Cl2N2O2. The van der Waals surface area contributed by atoms with E-state index in [0.717, 1.165) is 10.1 Å². The van der Waals surface area contributed by atoms with E-state index in [1.54, 1.807) is 25.1 Å². The van der Waals surface area contributed by atoms with Gasteiger partial charge in [0, 0.05) is 0 Å². The minimum atomic E-state index is -0.610. The molecule has 0 unspecified atom stereocenters. The molecule has 0 aliphatic carbocycles. The highest BCUT2D eigenvalue weighted by molar-refractivity contribution is 6.32. The summed E-state index contributed by atoms with van der Waals surface area (Å²) in [5, 5.41) is 0.383. The summed E-state index contributed by atoms with van der Waals surface area (Å²) in [6, 6.07) is 5.09. The van der Waals surface area contributed by atoms with Crippen molar-refractivity contribution in [1.29, 1.82) is 0 Å². The second kappa shape index (κ2) is 4.63. The van der Waals surface area contributed by atoms with Crippen LogP contribution >= 0.6 is 23.2 Å². The molecule has 1 aromatic carbocycles. The second-order valence-electron chi connectivity index (χ2n) is 3.96. The SMILES string of the molecule is Cc1ccc(-n2c(=O)[nH]c(Cl)c(C)c2=O)c(Cl)c1. The van der Waals surface area contributed by atoms with Gasteiger partial charge in [0.25, 0.3) is 5.56 Å². The summed E-state index contributed by atoms with van der Waals surface area (Å²) in [5.74, 6) is 0. The van der Waals surface area contributed by atoms with Crippen molar-refractivity contribution in [3.05, 3.63) is 60.3 Å². The fourth-order valence-corrected chi connectivity index (χ4v) is 2.09. The fourth-order valence-electron chi connectivity index (χ4n) is 1.61. The van der Waals surface area contributed by atoms with Gasteiger partial charge >= 0.3 is 5.69 Å². The largest absolute Gasteiger partial charge is 0.334 e. The summed E-state index contributed by atoms with van der Waals surface area (Å²) in [4.78, 5) is 26.3. The van der Waals surface area contributed by atoms with Crippen molar-refractivity contribution in [2.45, 2.75) is 13.8 Å². The Kier molecular flexibility index (Phi) is 3.32. The van der Waals surface area contributed by atoms with E-state index in [0.29, 0.717) is 10.7 Å². The molecule has 1 heterocycles. The van der Waals surface area contributed by atoms with Gasteiger partial charge in [-0.2, -0.15) is 0 Å². The minimum absolute atomic E-state index is 0.0458. The van der Waals surface area contributed by atoms with E-state index >= 15 is 0 Å². The van der Waals surface area contributed by atoms with Crippen molar-refractivity contribution in [3.8, 4) is 5.69 Å². The van der Waals surface area contributed by atoms with Gasteiger partial charge in [-0.25, -0.2) is 9.36 Å². The molecule has 0 aliphatic rings. The van der Waals surface area contributed by atoms with Gasteiger partial charge in [0.05, 0.1) is 16.3 Å². The highest BCUT2D eigenvalue weighted by atomic mass is 35.5. The molecule has 18 heavy (non-hydrogen) atoms. The zero-order valence-corrected chi connectivity index (χ0v) is 11.3. The highest BCUT2D eigenvalue weighted by Crippen LogP contribution is 2.19. The molecule has 0 saturated carbocycles. The van der Waals surface area contributed by atoms with Crippen LogP contribution in [-0.2, 0) is 0 Å². The Labute approximate surface area is 113 Å². The number of aryl methyl sites for hydroxylation is 1. The van der Waals surface area contributed by atoms with E-state index in [-0.39, 0.29) is 10.7 Å². The molecule has 0 saturated heterocycles. The lowest BCUT2D eigenvalue weighted by Gasteiger charge is -2.09. The number of hydrogen-bond donors (Lipinski definition) is 1. The van der Waals surface area contributed by atoms with Crippen molar-refractivity contribution < 1.29 is 0 Å². The molecule has 1 aromatic heterocycles. The maximum absolute atomic E-state index is 12.0. The van der Waals surface area contributed by atoms with Crippen LogP contribution in [0.5, 0.6) is 0 Å². The number of hydrogen-bond acceptors (Lipinski definition) is 2. The van der Waals surface area contributed by atoms with E-state index in [4.69, 9.17) is 23.2 Å². The van der Waals surface area contributed by atoms with Gasteiger partial charge in [0.1, 0.15) is 5.15 Å². The quantitative estimate of drug-likeness (QED) is 0.818. The van der Waals surface area contributed by atoms with Crippen LogP contribution in [0, 0.1) is 13.8 Å². The van der Waals surface area contributed by atoms with Crippen molar-refractivity contribution in [3.63, 3.8) is 0 Å². The fraction of sp³-hybridized carbons (Fsp3) is 0.167. The topological polar surface area (TPSA) is 54.9 Å². The maximum atomic E-state index is 12.0. The van der Waals surface area contributed by atoms with Gasteiger partial charge < -0.3 is 0 Å². The lowest BCUT2D eigenvalue weighted by atomic mass is 10.2. The van der Waals surface area contributed by atoms with Crippen molar-refractivity contribution in [2.24, 2.45) is 0 Å². The number of nitrogens with one attached hydrogen (secondary N) is 1. The predicted octanol–water partition coefficient (Wildman–Crippen LogP) is 2.45. The van der Waals surface area contributed by atoms with Gasteiger partial charge in [-0.3, -0.25) is 9.78 Å². The number of nitrogens with zero attached hydrogens (tertiary/aromatic N) is 1. The number of aromatic amines is 1. The standard InChI is InChI=1S/C12H10Cl2N2O2/c1-6-3-4-9(8(13)5-6)16-11(17)7(2)10(14)15-12(16)18/h3-5H,1-2H3,(H,15,18). The van der Waals surface area contributed by atoms with Crippen LogP contribution in [0.15, 0.2) is 27.8 Å². The van der Waals surface area contributed by atoms with Crippen LogP contribution in [-0.4, -0.2) is 9.55 Å². The van der Waals surface area contributed by atoms with Crippen LogP contribution in [0.4, 0.5) is 0 Å². The first-order valence-electron chi connectivity index (χ1n) is 5.20. The summed E-state index contributed by atoms with van der Waals surface area (Å²) in [5.41, 5.74) is 0.468. The normalized spacial score (nSPS) is 10.7. The third-order valence-electron chi connectivity index (χ3n) is 2.62. The Morgan fingerprint density at radius 3 is 2.44 bits per heavy atom. The third kappa shape index (κ3) is 2.09. The monoisotopic (exact) mass is 284 g/mol. The summed E-state index contributed by atoms with van der Waals surface area (Å²) in [6.07, 6.45) is 0. The van der Waals surface area contributed by atoms with Crippen LogP contribution in [0.3, 0.4) is 0 Å². The van der Waals surface area contributed by atoms with E-state index in [1.807, 2.05) is 6.92 Å². The zero-order chi connectivity index (χ0) is 13.4. The van der Waals surface area contributed by atoms with Crippen molar-refractivity contribution in [2.75, 3.05) is 0 Å². The molecule has 0 amide bonds. The van der Waals surface area contributed by atoms with Gasteiger partial charge in [-0.1, -0.05) is 29.3 Å². The van der Waals surface area contributed by atoms with Gasteiger partial charge in [-0.15, -0.1) is 0 Å². The van der Waals surface area contributed by atoms with Crippen LogP contribution in [0.1, 0.15) is 11.1 Å². The molecular weight excluding hydrogens is 275 g/mol. The maximum Gasteiger partial charge on any atom is 0.334 e. The van der Waals surface area contributed by atoms with E-state index in [9.17, 15) is 9.59 Å². The number of H-pyrrole nitrogens is 1. The summed E-state index contributed by atoms with van der Waals surface area (Å²) in [6.45, 7) is 3.41. The van der Waals surface area contributed by atoms with Crippen LogP contribution in [0.25, 0.3) is 5.69 Å². The Balaban J connectivity index is 2.84. The smallest absolute Gasteiger partial charge is 0.297 e. The Morgan fingerprint density at radius 1 is 1.17 bits per heavy atom. The molecule has 0 fully saturated rings. The molecule has 4 nitrogen and oxygen atoms in total. The zero-order valence-electron chi connectivity index (χ0n) is 9.75. The first-order valence-corrected chi connectivity index (χ1v) is 5.95. The summed E-state index contributed by atoms with van der Waals surface area (Å²) >= 11 is 11.8. The molecule has 0 atom stereocenters. The van der Waals surface area contributed by atoms with Crippen LogP contribution < -0.4 is 11.2 Å². The highest BCUT2D eigenvalue weighted by Gasteiger charge is 2.12. The second-order valence-corrected chi connectivity index (χ2v) is 4.75. The Bertz CT molecular complexity index is 732. The first kappa shape index (κ1) is 12.9. The average molecular weight is 285 g/mol. The molecule has 1 N–H and O–H groups in total. The number of rotatable bonds is 1. The van der Waals surface area contributed by atoms with Gasteiger partial charge in [0.15, 0.2) is 0 Å². The molecule has 0 radical (unpaired) electrons. The molecule has 0 spiro atoms. The number of halogens is 2. The molecule has 2 rings (SSSR count). The molecule has 0 bridgehead atoms. The van der Waals surface area contributed by atoms with E-state index < -0.39 is 11.2 Å². The molecule has 0 aliphatic heterocycles. The van der Waals surface area contributed by atoms with E-state index in [2.05, 4.69) is 4.98 Å². The predicted molar refractivity (Wildman–Crippen MR) is 72.2 cm³/mol. The van der Waals surface area contributed by atoms with Crippen molar-refractivity contribution in [1.82, 2.24) is 9.55 Å². The third-order valence-corrected chi connectivity index (χ3v) is 3.30. The van der Waals surface area contributed by atoms with E-state index in [1.165, 1.54) is 0 Å². The first-order chi connectivity index (χ1) is 8.41. The van der Waals surface area contributed by atoms with Crippen LogP contribution in [0.2, 0.25) is 10.2 Å². The molecule has 2 aromatic rings. The lowest BCUT2D eigenvalue weighted by Crippen LogP contribution is -2.35. The van der Waals surface area contributed by atoms with Gasteiger partial charge in [0.2, 0.25) is 0 Å². The average Bonchev–Trinajstić information content (AvgIpc) is 2.29. The number of aromatic nitrogens is 2. The Morgan fingerprint density at radius 2 is 1.83 bits per heavy atom. The van der Waals surface area contributed by atoms with Crippen molar-refractivity contribution >= 4 is 23.2 Å². The Hall–Kier alpha value is -1.52. The van der Waals surface area contributed by atoms with Gasteiger partial charge in [-0.05, 0) is 31.5 Å². The minimum Gasteiger partial charge on any atom is -0.297 e. The lowest BCUT2D eigenvalue weighted by molar-refractivity contribution is 0.860. The molecule has 6 heteroatoms. The molecule has 94 valence electrons. The summed E-state index contributed by atoms with van der Waals surface area (Å²) < 4.78 is 0.975.